The van der Waals surface area contributed by atoms with Gasteiger partial charge in [0.25, 0.3) is 0 Å². The van der Waals surface area contributed by atoms with Crippen LogP contribution < -0.4 is 5.32 Å². The lowest BCUT2D eigenvalue weighted by molar-refractivity contribution is -0.143. The van der Waals surface area contributed by atoms with Gasteiger partial charge in [-0.15, -0.1) is 0 Å². The molecule has 1 amide bonds. The molecule has 0 aliphatic carbocycles. The standard InChI is InChI=1S/C55H103NO5/c1-3-5-7-9-11-13-15-17-18-19-20-21-22-23-24-25-27-28-31-35-39-43-47-53(58)52(51-57)56-54(59)48-44-40-36-32-30-34-38-42-46-50-61-55(60)49-45-41-37-33-29-26-16-14-12-10-8-6-4-2/h14,16,32,36,43,47,52-53,57-58H,3-13,15,17-31,33-35,37-42,44-46,48-51H2,1-2H3,(H,56,59)/b16-14-,36-32-,47-43+. The first-order chi connectivity index (χ1) is 30.0. The molecular formula is C55H103NO5. The maximum Gasteiger partial charge on any atom is 0.305 e. The van der Waals surface area contributed by atoms with Gasteiger partial charge in [0.05, 0.1) is 25.4 Å². The predicted molar refractivity (Wildman–Crippen MR) is 264 cm³/mol. The largest absolute Gasteiger partial charge is 0.466 e. The Morgan fingerprint density at radius 3 is 1.21 bits per heavy atom. The van der Waals surface area contributed by atoms with Gasteiger partial charge in [-0.05, 0) is 77.0 Å². The second-order valence-electron chi connectivity index (χ2n) is 18.2. The lowest BCUT2D eigenvalue weighted by Gasteiger charge is -2.19. The number of hydrogen-bond donors (Lipinski definition) is 3. The molecule has 0 aromatic heterocycles. The number of unbranched alkanes of at least 4 members (excludes halogenated alkanes) is 34. The minimum Gasteiger partial charge on any atom is -0.466 e. The first kappa shape index (κ1) is 59.1. The van der Waals surface area contributed by atoms with Gasteiger partial charge in [0, 0.05) is 12.8 Å². The molecule has 0 spiro atoms. The molecule has 358 valence electrons. The summed E-state index contributed by atoms with van der Waals surface area (Å²) >= 11 is 0. The Morgan fingerprint density at radius 1 is 0.443 bits per heavy atom. The maximum atomic E-state index is 12.4. The van der Waals surface area contributed by atoms with Crippen molar-refractivity contribution in [3.05, 3.63) is 36.5 Å². The lowest BCUT2D eigenvalue weighted by atomic mass is 10.0. The van der Waals surface area contributed by atoms with Crippen molar-refractivity contribution in [2.45, 2.75) is 289 Å². The summed E-state index contributed by atoms with van der Waals surface area (Å²) in [5.74, 6) is -0.175. The van der Waals surface area contributed by atoms with Gasteiger partial charge in [-0.3, -0.25) is 9.59 Å². The second-order valence-corrected chi connectivity index (χ2v) is 18.2. The summed E-state index contributed by atoms with van der Waals surface area (Å²) in [4.78, 5) is 24.4. The molecule has 6 nitrogen and oxygen atoms in total. The number of aliphatic hydroxyl groups excluding tert-OH is 2. The van der Waals surface area contributed by atoms with Crippen LogP contribution >= 0.6 is 0 Å². The van der Waals surface area contributed by atoms with E-state index in [9.17, 15) is 19.8 Å². The zero-order chi connectivity index (χ0) is 44.4. The normalized spacial score (nSPS) is 12.9. The minimum atomic E-state index is -0.877. The first-order valence-electron chi connectivity index (χ1n) is 26.8. The average Bonchev–Trinajstić information content (AvgIpc) is 3.26. The number of hydrogen-bond acceptors (Lipinski definition) is 5. The smallest absolute Gasteiger partial charge is 0.305 e. The number of amides is 1. The Balaban J connectivity index is 3.58. The Bertz CT molecular complexity index is 993. The van der Waals surface area contributed by atoms with Crippen molar-refractivity contribution in [2.75, 3.05) is 13.2 Å². The van der Waals surface area contributed by atoms with Crippen LogP contribution in [-0.2, 0) is 14.3 Å². The van der Waals surface area contributed by atoms with Crippen LogP contribution in [0.5, 0.6) is 0 Å². The topological polar surface area (TPSA) is 95.9 Å². The molecule has 6 heteroatoms. The highest BCUT2D eigenvalue weighted by molar-refractivity contribution is 5.76. The minimum absolute atomic E-state index is 0.0473. The zero-order valence-corrected chi connectivity index (χ0v) is 40.6. The Morgan fingerprint density at radius 2 is 0.787 bits per heavy atom. The first-order valence-corrected chi connectivity index (χ1v) is 26.8. The maximum absolute atomic E-state index is 12.4. The number of nitrogens with one attached hydrogen (secondary N) is 1. The van der Waals surface area contributed by atoms with E-state index in [1.54, 1.807) is 6.08 Å². The molecule has 0 aromatic rings. The Kier molecular flexibility index (Phi) is 49.1. The van der Waals surface area contributed by atoms with E-state index in [2.05, 4.69) is 43.5 Å². The molecule has 0 aliphatic heterocycles. The van der Waals surface area contributed by atoms with Crippen molar-refractivity contribution in [3.63, 3.8) is 0 Å². The zero-order valence-electron chi connectivity index (χ0n) is 40.6. The van der Waals surface area contributed by atoms with Crippen LogP contribution in [0.2, 0.25) is 0 Å². The molecule has 0 aromatic carbocycles. The van der Waals surface area contributed by atoms with Gasteiger partial charge < -0.3 is 20.3 Å². The van der Waals surface area contributed by atoms with Crippen LogP contribution in [0.25, 0.3) is 0 Å². The lowest BCUT2D eigenvalue weighted by Crippen LogP contribution is -2.45. The molecule has 0 rings (SSSR count). The summed E-state index contributed by atoms with van der Waals surface area (Å²) in [6.07, 6.45) is 61.6. The van der Waals surface area contributed by atoms with Gasteiger partial charge in [-0.1, -0.05) is 224 Å². The van der Waals surface area contributed by atoms with E-state index >= 15 is 0 Å². The van der Waals surface area contributed by atoms with E-state index in [0.717, 1.165) is 70.6 Å². The molecule has 0 heterocycles. The number of allylic oxidation sites excluding steroid dienone is 5. The average molecular weight is 858 g/mol. The number of ether oxygens (including phenoxy) is 1. The summed E-state index contributed by atoms with van der Waals surface area (Å²) in [6.45, 7) is 4.80. The van der Waals surface area contributed by atoms with E-state index in [-0.39, 0.29) is 18.5 Å². The van der Waals surface area contributed by atoms with E-state index in [1.807, 2.05) is 6.08 Å². The van der Waals surface area contributed by atoms with Gasteiger partial charge in [-0.2, -0.15) is 0 Å². The number of carbonyl (C=O) groups is 2. The monoisotopic (exact) mass is 858 g/mol. The summed E-state index contributed by atoms with van der Waals surface area (Å²) in [7, 11) is 0. The highest BCUT2D eigenvalue weighted by atomic mass is 16.5. The fourth-order valence-electron chi connectivity index (χ4n) is 7.98. The predicted octanol–water partition coefficient (Wildman–Crippen LogP) is 16.1. The summed E-state index contributed by atoms with van der Waals surface area (Å²) in [5.41, 5.74) is 0. The van der Waals surface area contributed by atoms with E-state index < -0.39 is 12.1 Å². The van der Waals surface area contributed by atoms with Crippen LogP contribution in [0.1, 0.15) is 277 Å². The molecule has 0 aliphatic rings. The van der Waals surface area contributed by atoms with Gasteiger partial charge in [0.15, 0.2) is 0 Å². The van der Waals surface area contributed by atoms with Crippen molar-refractivity contribution in [1.82, 2.24) is 5.32 Å². The van der Waals surface area contributed by atoms with E-state index in [1.165, 1.54) is 180 Å². The van der Waals surface area contributed by atoms with Crippen LogP contribution in [-0.4, -0.2) is 47.4 Å². The van der Waals surface area contributed by atoms with Gasteiger partial charge >= 0.3 is 5.97 Å². The number of esters is 1. The van der Waals surface area contributed by atoms with E-state index in [4.69, 9.17) is 4.74 Å². The molecule has 0 saturated carbocycles. The molecule has 0 radical (unpaired) electrons. The Hall–Kier alpha value is -1.92. The van der Waals surface area contributed by atoms with Crippen LogP contribution in [0.4, 0.5) is 0 Å². The van der Waals surface area contributed by atoms with Crippen molar-refractivity contribution >= 4 is 11.9 Å². The quantitative estimate of drug-likeness (QED) is 0.0322. The summed E-state index contributed by atoms with van der Waals surface area (Å²) < 4.78 is 5.43. The van der Waals surface area contributed by atoms with Gasteiger partial charge in [-0.25, -0.2) is 0 Å². The molecule has 0 bridgehead atoms. The molecule has 0 saturated heterocycles. The molecule has 0 fully saturated rings. The van der Waals surface area contributed by atoms with Crippen molar-refractivity contribution in [3.8, 4) is 0 Å². The molecule has 2 unspecified atom stereocenters. The molecule has 3 N–H and O–H groups in total. The van der Waals surface area contributed by atoms with Gasteiger partial charge in [0.1, 0.15) is 0 Å². The summed E-state index contributed by atoms with van der Waals surface area (Å²) in [5, 5.41) is 23.1. The third-order valence-corrected chi connectivity index (χ3v) is 12.1. The fraction of sp³-hybridized carbons (Fsp3) is 0.855. The Labute approximate surface area is 379 Å². The molecule has 2 atom stereocenters. The highest BCUT2D eigenvalue weighted by Gasteiger charge is 2.17. The third kappa shape index (κ3) is 47.4. The fourth-order valence-corrected chi connectivity index (χ4v) is 7.98. The van der Waals surface area contributed by atoms with Crippen LogP contribution in [0.3, 0.4) is 0 Å². The van der Waals surface area contributed by atoms with Crippen molar-refractivity contribution in [2.24, 2.45) is 0 Å². The van der Waals surface area contributed by atoms with E-state index in [0.29, 0.717) is 19.4 Å². The van der Waals surface area contributed by atoms with Crippen molar-refractivity contribution in [1.29, 1.82) is 0 Å². The number of aliphatic hydroxyl groups is 2. The second kappa shape index (κ2) is 50.7. The summed E-state index contributed by atoms with van der Waals surface area (Å²) in [6, 6.07) is -0.667. The highest BCUT2D eigenvalue weighted by Crippen LogP contribution is 2.16. The number of carbonyl (C=O) groups excluding carboxylic acids is 2. The third-order valence-electron chi connectivity index (χ3n) is 12.1. The van der Waals surface area contributed by atoms with Gasteiger partial charge in [0.2, 0.25) is 5.91 Å². The molecule has 61 heavy (non-hydrogen) atoms. The van der Waals surface area contributed by atoms with Crippen molar-refractivity contribution < 1.29 is 24.5 Å². The SMILES string of the molecule is CCCCCC/C=C\CCCCCCCC(=O)OCCCCCC/C=C\CCCC(=O)NC(CO)C(O)/C=C/CCCCCCCCCCCCCCCCCCCCCC. The van der Waals surface area contributed by atoms with Crippen LogP contribution in [0, 0.1) is 0 Å². The number of rotatable bonds is 49. The molecular weight excluding hydrogens is 755 g/mol. The van der Waals surface area contributed by atoms with Crippen LogP contribution in [0.15, 0.2) is 36.5 Å².